The van der Waals surface area contributed by atoms with Crippen LogP contribution in [-0.4, -0.2) is 52.5 Å². The monoisotopic (exact) mass is 417 g/mol. The molecule has 156 valence electrons. The lowest BCUT2D eigenvalue weighted by Gasteiger charge is -2.33. The molecule has 0 fully saturated rings. The summed E-state index contributed by atoms with van der Waals surface area (Å²) in [5, 5.41) is 8.11. The molecule has 0 aliphatic heterocycles. The Morgan fingerprint density at radius 3 is 2.83 bits per heavy atom. The second-order valence-corrected chi connectivity index (χ2v) is 9.63. The van der Waals surface area contributed by atoms with Gasteiger partial charge in [-0.1, -0.05) is 20.8 Å². The summed E-state index contributed by atoms with van der Waals surface area (Å²) in [6.45, 7) is 7.16. The van der Waals surface area contributed by atoms with Crippen molar-refractivity contribution in [2.75, 3.05) is 20.8 Å². The number of hydrogen-bond donors (Lipinski definition) is 1. The van der Waals surface area contributed by atoms with Crippen molar-refractivity contribution in [3.63, 3.8) is 0 Å². The summed E-state index contributed by atoms with van der Waals surface area (Å²) >= 11 is 1.75. The molecule has 4 rings (SSSR count). The molecule has 1 amide bonds. The van der Waals surface area contributed by atoms with Gasteiger partial charge in [-0.25, -0.2) is 14.5 Å². The van der Waals surface area contributed by atoms with Gasteiger partial charge in [-0.05, 0) is 36.2 Å². The van der Waals surface area contributed by atoms with E-state index >= 15 is 0 Å². The van der Waals surface area contributed by atoms with Crippen molar-refractivity contribution >= 4 is 33.1 Å². The Bertz CT molecular complexity index is 1050. The number of nitrogens with one attached hydrogen (secondary N) is 1. The van der Waals surface area contributed by atoms with Crippen molar-refractivity contribution in [3.05, 3.63) is 22.6 Å². The molecular weight excluding hydrogens is 390 g/mol. The molecule has 0 unspecified atom stereocenters. The smallest absolute Gasteiger partial charge is 0.291 e. The van der Waals surface area contributed by atoms with Crippen LogP contribution in [0, 0.1) is 11.3 Å². The fourth-order valence-electron chi connectivity index (χ4n) is 3.93. The van der Waals surface area contributed by atoms with E-state index in [0.717, 1.165) is 29.5 Å². The standard InChI is InChI=1S/C20H27N5O3S/c1-20(2,3)11-6-7-12-13(8-11)29-19-15(12)17-23-16(24-25(17)10-22-19)18(26)21-9-14(27-4)28-5/h10-11,14H,6-9H2,1-5H3,(H,21,26)/t11-/m1/s1. The molecule has 29 heavy (non-hydrogen) atoms. The lowest BCUT2D eigenvalue weighted by Crippen LogP contribution is -2.34. The van der Waals surface area contributed by atoms with E-state index in [4.69, 9.17) is 9.47 Å². The number of methoxy groups -OCH3 is 2. The van der Waals surface area contributed by atoms with Crippen molar-refractivity contribution in [1.82, 2.24) is 24.9 Å². The molecule has 0 saturated carbocycles. The highest BCUT2D eigenvalue weighted by Gasteiger charge is 2.32. The summed E-state index contributed by atoms with van der Waals surface area (Å²) in [6, 6.07) is 0. The fourth-order valence-corrected chi connectivity index (χ4v) is 5.19. The highest BCUT2D eigenvalue weighted by molar-refractivity contribution is 7.19. The van der Waals surface area contributed by atoms with Gasteiger partial charge in [0.15, 0.2) is 11.9 Å². The van der Waals surface area contributed by atoms with E-state index in [2.05, 4.69) is 41.2 Å². The highest BCUT2D eigenvalue weighted by Crippen LogP contribution is 2.43. The number of thiophene rings is 1. The van der Waals surface area contributed by atoms with E-state index in [1.165, 1.54) is 24.7 Å². The van der Waals surface area contributed by atoms with Crippen LogP contribution in [0.15, 0.2) is 6.33 Å². The number of rotatable bonds is 5. The lowest BCUT2D eigenvalue weighted by molar-refractivity contribution is -0.0974. The molecule has 0 saturated heterocycles. The molecular formula is C20H27N5O3S. The summed E-state index contributed by atoms with van der Waals surface area (Å²) in [4.78, 5) is 24.0. The molecule has 0 bridgehead atoms. The van der Waals surface area contributed by atoms with Crippen molar-refractivity contribution < 1.29 is 14.3 Å². The Morgan fingerprint density at radius 2 is 2.14 bits per heavy atom. The first-order valence-electron chi connectivity index (χ1n) is 9.81. The number of amides is 1. The van der Waals surface area contributed by atoms with E-state index in [-0.39, 0.29) is 18.3 Å². The number of carbonyl (C=O) groups is 1. The Kier molecular flexibility index (Phi) is 5.30. The molecule has 1 aliphatic rings. The molecule has 1 atom stereocenters. The van der Waals surface area contributed by atoms with Crippen LogP contribution in [0.2, 0.25) is 0 Å². The minimum atomic E-state index is -0.510. The quantitative estimate of drug-likeness (QED) is 0.642. The third-order valence-corrected chi connectivity index (χ3v) is 6.93. The Balaban J connectivity index is 1.66. The summed E-state index contributed by atoms with van der Waals surface area (Å²) in [5.74, 6) is 0.416. The summed E-state index contributed by atoms with van der Waals surface area (Å²) in [7, 11) is 3.05. The van der Waals surface area contributed by atoms with Crippen LogP contribution in [-0.2, 0) is 22.3 Å². The highest BCUT2D eigenvalue weighted by atomic mass is 32.1. The van der Waals surface area contributed by atoms with E-state index < -0.39 is 6.29 Å². The van der Waals surface area contributed by atoms with Crippen molar-refractivity contribution in [1.29, 1.82) is 0 Å². The maximum absolute atomic E-state index is 12.5. The van der Waals surface area contributed by atoms with Gasteiger partial charge in [0.05, 0.1) is 11.9 Å². The van der Waals surface area contributed by atoms with Crippen LogP contribution < -0.4 is 5.32 Å². The minimum absolute atomic E-state index is 0.119. The minimum Gasteiger partial charge on any atom is -0.354 e. The zero-order valence-electron chi connectivity index (χ0n) is 17.5. The van der Waals surface area contributed by atoms with Gasteiger partial charge in [0.25, 0.3) is 5.91 Å². The van der Waals surface area contributed by atoms with Gasteiger partial charge >= 0.3 is 0 Å². The molecule has 3 heterocycles. The van der Waals surface area contributed by atoms with E-state index in [1.807, 2.05) is 0 Å². The second kappa shape index (κ2) is 7.62. The van der Waals surface area contributed by atoms with Gasteiger partial charge in [-0.2, -0.15) is 0 Å². The third kappa shape index (κ3) is 3.74. The average Bonchev–Trinajstić information content (AvgIpc) is 3.28. The van der Waals surface area contributed by atoms with Gasteiger partial charge in [-0.3, -0.25) is 4.79 Å². The molecule has 8 nitrogen and oxygen atoms in total. The van der Waals surface area contributed by atoms with E-state index in [9.17, 15) is 4.79 Å². The van der Waals surface area contributed by atoms with Crippen LogP contribution in [0.25, 0.3) is 15.9 Å². The van der Waals surface area contributed by atoms with Gasteiger partial charge in [0, 0.05) is 19.1 Å². The van der Waals surface area contributed by atoms with Crippen LogP contribution in [0.4, 0.5) is 0 Å². The molecule has 1 aliphatic carbocycles. The van der Waals surface area contributed by atoms with Gasteiger partial charge in [0.2, 0.25) is 5.82 Å². The van der Waals surface area contributed by atoms with Crippen LogP contribution >= 0.6 is 11.3 Å². The van der Waals surface area contributed by atoms with Crippen LogP contribution in [0.3, 0.4) is 0 Å². The van der Waals surface area contributed by atoms with Crippen molar-refractivity contribution in [2.45, 2.75) is 46.3 Å². The van der Waals surface area contributed by atoms with Crippen LogP contribution in [0.5, 0.6) is 0 Å². The van der Waals surface area contributed by atoms with Crippen LogP contribution in [0.1, 0.15) is 48.3 Å². The Labute approximate surface area is 173 Å². The largest absolute Gasteiger partial charge is 0.354 e. The first kappa shape index (κ1) is 20.2. The number of ether oxygens (including phenoxy) is 2. The number of nitrogens with zero attached hydrogens (tertiary/aromatic N) is 4. The van der Waals surface area contributed by atoms with Crippen molar-refractivity contribution in [2.24, 2.45) is 11.3 Å². The number of fused-ring (bicyclic) bond motifs is 5. The van der Waals surface area contributed by atoms with Gasteiger partial charge < -0.3 is 14.8 Å². The Hall–Kier alpha value is -2.10. The van der Waals surface area contributed by atoms with Gasteiger partial charge in [0.1, 0.15) is 11.2 Å². The van der Waals surface area contributed by atoms with Crippen molar-refractivity contribution in [3.8, 4) is 0 Å². The molecule has 1 N–H and O–H groups in total. The lowest BCUT2D eigenvalue weighted by atomic mass is 9.72. The molecule has 0 radical (unpaired) electrons. The first-order chi connectivity index (χ1) is 13.8. The third-order valence-electron chi connectivity index (χ3n) is 5.77. The van der Waals surface area contributed by atoms with Gasteiger partial charge in [-0.15, -0.1) is 16.4 Å². The fraction of sp³-hybridized carbons (Fsp3) is 0.600. The summed E-state index contributed by atoms with van der Waals surface area (Å²) < 4.78 is 11.8. The number of carbonyl (C=O) groups excluding carboxylic acids is 1. The predicted molar refractivity (Wildman–Crippen MR) is 111 cm³/mol. The van der Waals surface area contributed by atoms with E-state index in [1.54, 1.807) is 22.2 Å². The number of hydrogen-bond acceptors (Lipinski definition) is 7. The molecule has 9 heteroatoms. The summed E-state index contributed by atoms with van der Waals surface area (Å²) in [6.07, 6.45) is 4.36. The second-order valence-electron chi connectivity index (χ2n) is 8.55. The molecule has 0 spiro atoms. The number of aryl methyl sites for hydroxylation is 1. The molecule has 3 aromatic heterocycles. The maximum Gasteiger partial charge on any atom is 0.291 e. The first-order valence-corrected chi connectivity index (χ1v) is 10.6. The SMILES string of the molecule is COC(CNC(=O)c1nc2c3c4c(sc3ncn2n1)C[C@H](C(C)(C)C)CC4)OC. The van der Waals surface area contributed by atoms with E-state index in [0.29, 0.717) is 17.0 Å². The number of aromatic nitrogens is 4. The zero-order chi connectivity index (χ0) is 20.8. The predicted octanol–water partition coefficient (Wildman–Crippen LogP) is 2.84. The summed E-state index contributed by atoms with van der Waals surface area (Å²) in [5.41, 5.74) is 2.31. The average molecular weight is 418 g/mol. The normalized spacial score (nSPS) is 17.2. The Morgan fingerprint density at radius 1 is 1.38 bits per heavy atom. The molecule has 3 aromatic rings. The molecule has 0 aromatic carbocycles. The topological polar surface area (TPSA) is 90.6 Å². The zero-order valence-corrected chi connectivity index (χ0v) is 18.3. The maximum atomic E-state index is 12.5.